The average molecular weight is 89.1 g/mol. The molecule has 1 fully saturated rings. The van der Waals surface area contributed by atoms with Crippen molar-refractivity contribution < 1.29 is 9.28 Å². The zero-order valence-corrected chi connectivity index (χ0v) is 3.15. The molecule has 1 aliphatic rings. The lowest BCUT2D eigenvalue weighted by molar-refractivity contribution is -0.160. The van der Waals surface area contributed by atoms with E-state index in [-0.39, 0.29) is 5.12 Å². The molecular formula is C3H4FNO. The summed E-state index contributed by atoms with van der Waals surface area (Å²) in [5.74, 6) is -0.394. The third-order valence-electron chi connectivity index (χ3n) is 0.793. The molecule has 6 heavy (non-hydrogen) atoms. The van der Waals surface area contributed by atoms with E-state index >= 15 is 0 Å². The highest BCUT2D eigenvalue weighted by atomic mass is 19.2. The van der Waals surface area contributed by atoms with E-state index in [0.717, 1.165) is 0 Å². The third-order valence-corrected chi connectivity index (χ3v) is 0.793. The number of hydrogen-bond donors (Lipinski definition) is 0. The van der Waals surface area contributed by atoms with Crippen LogP contribution >= 0.6 is 0 Å². The second kappa shape index (κ2) is 0.929. The van der Waals surface area contributed by atoms with Gasteiger partial charge >= 0.3 is 0 Å². The van der Waals surface area contributed by atoms with Crippen molar-refractivity contribution in [1.29, 1.82) is 0 Å². The lowest BCUT2D eigenvalue weighted by Crippen LogP contribution is -2.36. The zero-order valence-electron chi connectivity index (χ0n) is 3.15. The first-order valence-corrected chi connectivity index (χ1v) is 1.77. The highest BCUT2D eigenvalue weighted by Gasteiger charge is 2.22. The minimum Gasteiger partial charge on any atom is -0.272 e. The van der Waals surface area contributed by atoms with Gasteiger partial charge in [0.1, 0.15) is 0 Å². The summed E-state index contributed by atoms with van der Waals surface area (Å²) in [6.45, 7) is 0.291. The standard InChI is InChI=1S/C3H4FNO/c4-5-2-1-3(5)6/h1-2H2. The van der Waals surface area contributed by atoms with Crippen molar-refractivity contribution >= 4 is 5.91 Å². The van der Waals surface area contributed by atoms with Crippen molar-refractivity contribution in [3.05, 3.63) is 0 Å². The minimum absolute atomic E-state index is 0.208. The predicted octanol–water partition coefficient (Wildman–Crippen LogP) is 0.103. The fraction of sp³-hybridized carbons (Fsp3) is 0.667. The fourth-order valence-electron chi connectivity index (χ4n) is 0.288. The molecule has 0 aromatic carbocycles. The summed E-state index contributed by atoms with van der Waals surface area (Å²) in [7, 11) is 0. The highest BCUT2D eigenvalue weighted by Crippen LogP contribution is 2.06. The van der Waals surface area contributed by atoms with Crippen LogP contribution in [-0.2, 0) is 4.79 Å². The van der Waals surface area contributed by atoms with Crippen LogP contribution in [0.3, 0.4) is 0 Å². The molecule has 1 saturated heterocycles. The smallest absolute Gasteiger partial charge is 0.252 e. The topological polar surface area (TPSA) is 20.3 Å². The Kier molecular flexibility index (Phi) is 0.555. The number of amides is 1. The van der Waals surface area contributed by atoms with Crippen LogP contribution in [0.25, 0.3) is 0 Å². The van der Waals surface area contributed by atoms with E-state index in [2.05, 4.69) is 0 Å². The van der Waals surface area contributed by atoms with E-state index in [4.69, 9.17) is 0 Å². The lowest BCUT2D eigenvalue weighted by Gasteiger charge is -2.18. The molecule has 1 rings (SSSR count). The lowest BCUT2D eigenvalue weighted by atomic mass is 10.3. The molecule has 1 amide bonds. The Morgan fingerprint density at radius 3 is 2.33 bits per heavy atom. The van der Waals surface area contributed by atoms with Crippen LogP contribution in [-0.4, -0.2) is 17.6 Å². The molecule has 0 unspecified atom stereocenters. The van der Waals surface area contributed by atoms with Crippen LogP contribution in [0.15, 0.2) is 0 Å². The summed E-state index contributed by atoms with van der Waals surface area (Å²) < 4.78 is 11.4. The molecule has 0 spiro atoms. The molecule has 0 saturated carbocycles. The second-order valence-electron chi connectivity index (χ2n) is 1.23. The van der Waals surface area contributed by atoms with Crippen molar-refractivity contribution in [2.45, 2.75) is 6.42 Å². The molecule has 0 radical (unpaired) electrons. The number of β-lactam (4-membered cyclic amide) rings is 1. The van der Waals surface area contributed by atoms with Crippen LogP contribution in [0.5, 0.6) is 0 Å². The molecule has 3 heteroatoms. The number of halogens is 1. The molecule has 0 aromatic rings. The van der Waals surface area contributed by atoms with Crippen molar-refractivity contribution in [3.8, 4) is 0 Å². The highest BCUT2D eigenvalue weighted by molar-refractivity contribution is 5.80. The van der Waals surface area contributed by atoms with Gasteiger partial charge in [-0.2, -0.15) is 5.12 Å². The van der Waals surface area contributed by atoms with E-state index in [1.807, 2.05) is 0 Å². The normalized spacial score (nSPS) is 20.8. The molecule has 0 N–H and O–H groups in total. The summed E-state index contributed by atoms with van der Waals surface area (Å²) in [6.07, 6.45) is 0.385. The van der Waals surface area contributed by atoms with Gasteiger partial charge < -0.3 is 0 Å². The summed E-state index contributed by atoms with van der Waals surface area (Å²) in [5.41, 5.74) is 0. The Labute approximate surface area is 34.5 Å². The van der Waals surface area contributed by atoms with Gasteiger partial charge in [-0.25, -0.2) is 0 Å². The Balaban J connectivity index is 2.39. The average Bonchev–Trinajstić information content (AvgIpc) is 1.61. The molecule has 1 heterocycles. The Bertz CT molecular complexity index is 82.9. The van der Waals surface area contributed by atoms with E-state index in [9.17, 15) is 9.28 Å². The minimum atomic E-state index is -0.394. The first-order chi connectivity index (χ1) is 2.80. The summed E-state index contributed by atoms with van der Waals surface area (Å²) >= 11 is 0. The Morgan fingerprint density at radius 1 is 1.83 bits per heavy atom. The summed E-state index contributed by atoms with van der Waals surface area (Å²) in [5, 5.41) is 0.208. The maximum absolute atomic E-state index is 11.4. The SMILES string of the molecule is O=C1CCN1F. The van der Waals surface area contributed by atoms with Gasteiger partial charge in [-0.1, -0.05) is 4.48 Å². The molecular weight excluding hydrogens is 85.0 g/mol. The fourth-order valence-corrected chi connectivity index (χ4v) is 0.288. The molecule has 34 valence electrons. The molecule has 0 atom stereocenters. The number of hydrogen-bond acceptors (Lipinski definition) is 1. The first kappa shape index (κ1) is 3.59. The van der Waals surface area contributed by atoms with Gasteiger partial charge in [0.25, 0.3) is 5.91 Å². The number of rotatable bonds is 0. The second-order valence-corrected chi connectivity index (χ2v) is 1.23. The van der Waals surface area contributed by atoms with Crippen LogP contribution in [0, 0.1) is 0 Å². The van der Waals surface area contributed by atoms with E-state index in [1.165, 1.54) is 0 Å². The van der Waals surface area contributed by atoms with Gasteiger partial charge in [-0.05, 0) is 0 Å². The predicted molar refractivity (Wildman–Crippen MR) is 17.4 cm³/mol. The van der Waals surface area contributed by atoms with Crippen LogP contribution < -0.4 is 0 Å². The van der Waals surface area contributed by atoms with Gasteiger partial charge in [0, 0.05) is 6.42 Å². The van der Waals surface area contributed by atoms with Crippen LogP contribution in [0.4, 0.5) is 4.48 Å². The first-order valence-electron chi connectivity index (χ1n) is 1.77. The maximum Gasteiger partial charge on any atom is 0.252 e. The molecule has 0 aromatic heterocycles. The van der Waals surface area contributed by atoms with Gasteiger partial charge in [0.2, 0.25) is 0 Å². The maximum atomic E-state index is 11.4. The Morgan fingerprint density at radius 2 is 2.33 bits per heavy atom. The van der Waals surface area contributed by atoms with E-state index in [0.29, 0.717) is 13.0 Å². The number of carbonyl (C=O) groups is 1. The molecule has 0 bridgehead atoms. The van der Waals surface area contributed by atoms with Crippen molar-refractivity contribution in [2.24, 2.45) is 0 Å². The molecule has 2 nitrogen and oxygen atoms in total. The van der Waals surface area contributed by atoms with Crippen molar-refractivity contribution in [1.82, 2.24) is 5.12 Å². The molecule has 1 aliphatic heterocycles. The molecule has 0 aliphatic carbocycles. The quantitative estimate of drug-likeness (QED) is 0.304. The van der Waals surface area contributed by atoms with Crippen LogP contribution in [0.1, 0.15) is 6.42 Å². The van der Waals surface area contributed by atoms with E-state index < -0.39 is 5.91 Å². The van der Waals surface area contributed by atoms with Crippen molar-refractivity contribution in [2.75, 3.05) is 6.54 Å². The summed E-state index contributed by atoms with van der Waals surface area (Å²) in [6, 6.07) is 0. The largest absolute Gasteiger partial charge is 0.272 e. The van der Waals surface area contributed by atoms with Gasteiger partial charge in [-0.3, -0.25) is 4.79 Å². The Hall–Kier alpha value is -0.600. The summed E-state index contributed by atoms with van der Waals surface area (Å²) in [4.78, 5) is 9.78. The van der Waals surface area contributed by atoms with E-state index in [1.54, 1.807) is 0 Å². The van der Waals surface area contributed by atoms with Gasteiger partial charge in [0.15, 0.2) is 0 Å². The van der Waals surface area contributed by atoms with Gasteiger partial charge in [-0.15, -0.1) is 0 Å². The number of nitrogens with zero attached hydrogens (tertiary/aromatic N) is 1. The monoisotopic (exact) mass is 89.0 g/mol. The van der Waals surface area contributed by atoms with Crippen LogP contribution in [0.2, 0.25) is 0 Å². The third kappa shape index (κ3) is 0.278. The van der Waals surface area contributed by atoms with Crippen molar-refractivity contribution in [3.63, 3.8) is 0 Å². The number of carbonyl (C=O) groups excluding carboxylic acids is 1. The van der Waals surface area contributed by atoms with Gasteiger partial charge in [0.05, 0.1) is 6.54 Å². The zero-order chi connectivity index (χ0) is 4.57.